The van der Waals surface area contributed by atoms with Crippen LogP contribution in [0.4, 0.5) is 0 Å². The molecular weight excluding hydrogens is 206 g/mol. The molecule has 96 valence electrons. The number of ether oxygens (including phenoxy) is 2. The number of nitrogens with two attached hydrogens (primary N) is 1. The molecule has 0 heterocycles. The maximum atomic E-state index is 9.21. The van der Waals surface area contributed by atoms with E-state index in [0.717, 1.165) is 25.7 Å². The van der Waals surface area contributed by atoms with Gasteiger partial charge in [0.2, 0.25) is 0 Å². The molecule has 2 atom stereocenters. The van der Waals surface area contributed by atoms with Crippen LogP contribution in [0.25, 0.3) is 0 Å². The molecule has 0 saturated heterocycles. The Morgan fingerprint density at radius 3 is 2.81 bits per heavy atom. The third-order valence-corrected chi connectivity index (χ3v) is 3.04. The van der Waals surface area contributed by atoms with Crippen LogP contribution >= 0.6 is 0 Å². The van der Waals surface area contributed by atoms with Crippen molar-refractivity contribution >= 4 is 0 Å². The Hall–Kier alpha value is -0.160. The van der Waals surface area contributed by atoms with Gasteiger partial charge in [0, 0.05) is 5.54 Å². The van der Waals surface area contributed by atoms with Crippen molar-refractivity contribution in [1.29, 1.82) is 0 Å². The van der Waals surface area contributed by atoms with Crippen LogP contribution in [-0.4, -0.2) is 42.7 Å². The Kier molecular flexibility index (Phi) is 5.69. The monoisotopic (exact) mass is 231 g/mol. The van der Waals surface area contributed by atoms with E-state index in [-0.39, 0.29) is 18.8 Å². The summed E-state index contributed by atoms with van der Waals surface area (Å²) in [6.07, 6.45) is 4.16. The quantitative estimate of drug-likeness (QED) is 0.671. The molecule has 0 radical (unpaired) electrons. The number of aliphatic hydroxyl groups excluding tert-OH is 1. The molecule has 1 aliphatic carbocycles. The van der Waals surface area contributed by atoms with E-state index in [9.17, 15) is 5.11 Å². The Morgan fingerprint density at radius 2 is 2.19 bits per heavy atom. The van der Waals surface area contributed by atoms with E-state index in [4.69, 9.17) is 15.2 Å². The minimum atomic E-state index is -0.429. The molecule has 1 rings (SSSR count). The van der Waals surface area contributed by atoms with Gasteiger partial charge >= 0.3 is 0 Å². The smallest absolute Gasteiger partial charge is 0.0704 e. The average Bonchev–Trinajstić information content (AvgIpc) is 2.24. The summed E-state index contributed by atoms with van der Waals surface area (Å²) in [6.45, 7) is 5.32. The third-order valence-electron chi connectivity index (χ3n) is 3.04. The van der Waals surface area contributed by atoms with Gasteiger partial charge in [0.1, 0.15) is 0 Å². The van der Waals surface area contributed by atoms with Crippen molar-refractivity contribution < 1.29 is 14.6 Å². The van der Waals surface area contributed by atoms with Crippen molar-refractivity contribution in [2.75, 3.05) is 19.8 Å². The topological polar surface area (TPSA) is 64.7 Å². The second kappa shape index (κ2) is 6.55. The molecule has 0 amide bonds. The van der Waals surface area contributed by atoms with Crippen molar-refractivity contribution in [3.63, 3.8) is 0 Å². The molecule has 2 unspecified atom stereocenters. The lowest BCUT2D eigenvalue weighted by Gasteiger charge is -2.36. The Balaban J connectivity index is 2.17. The molecule has 0 aromatic heterocycles. The maximum absolute atomic E-state index is 9.21. The number of aliphatic hydroxyl groups is 1. The third kappa shape index (κ3) is 4.78. The predicted molar refractivity (Wildman–Crippen MR) is 63.3 cm³/mol. The standard InChI is InChI=1S/C12H25NO3/c1-10(2)15-6-7-16-11-4-3-5-12(13,8-11)9-14/h10-11,14H,3-9,13H2,1-2H3. The van der Waals surface area contributed by atoms with E-state index >= 15 is 0 Å². The molecule has 0 aromatic rings. The molecule has 4 nitrogen and oxygen atoms in total. The lowest BCUT2D eigenvalue weighted by atomic mass is 9.81. The van der Waals surface area contributed by atoms with Crippen molar-refractivity contribution in [2.24, 2.45) is 5.73 Å². The average molecular weight is 231 g/mol. The minimum Gasteiger partial charge on any atom is -0.394 e. The molecule has 1 saturated carbocycles. The zero-order chi connectivity index (χ0) is 12.0. The van der Waals surface area contributed by atoms with Crippen LogP contribution in [0, 0.1) is 0 Å². The van der Waals surface area contributed by atoms with E-state index in [1.54, 1.807) is 0 Å². The van der Waals surface area contributed by atoms with Gasteiger partial charge in [-0.15, -0.1) is 0 Å². The zero-order valence-electron chi connectivity index (χ0n) is 10.4. The summed E-state index contributed by atoms with van der Waals surface area (Å²) in [5, 5.41) is 9.21. The number of hydrogen-bond donors (Lipinski definition) is 2. The fourth-order valence-corrected chi connectivity index (χ4v) is 2.12. The summed E-state index contributed by atoms with van der Waals surface area (Å²) in [7, 11) is 0. The molecule has 3 N–H and O–H groups in total. The highest BCUT2D eigenvalue weighted by molar-refractivity contribution is 4.90. The second-order valence-corrected chi connectivity index (χ2v) is 5.03. The van der Waals surface area contributed by atoms with Gasteiger partial charge in [0.05, 0.1) is 32.0 Å². The molecule has 4 heteroatoms. The SMILES string of the molecule is CC(C)OCCOC1CCCC(N)(CO)C1. The molecule has 16 heavy (non-hydrogen) atoms. The van der Waals surface area contributed by atoms with Crippen LogP contribution in [0.15, 0.2) is 0 Å². The number of rotatable bonds is 6. The highest BCUT2D eigenvalue weighted by Gasteiger charge is 2.32. The minimum absolute atomic E-state index is 0.0509. The maximum Gasteiger partial charge on any atom is 0.0704 e. The van der Waals surface area contributed by atoms with E-state index < -0.39 is 5.54 Å². The summed E-state index contributed by atoms with van der Waals surface area (Å²) in [5.41, 5.74) is 5.61. The van der Waals surface area contributed by atoms with Crippen LogP contribution < -0.4 is 5.73 Å². The molecule has 1 fully saturated rings. The Bertz CT molecular complexity index is 199. The molecule has 1 aliphatic rings. The summed E-state index contributed by atoms with van der Waals surface area (Å²) < 4.78 is 11.1. The largest absolute Gasteiger partial charge is 0.394 e. The summed E-state index contributed by atoms with van der Waals surface area (Å²) in [6, 6.07) is 0. The van der Waals surface area contributed by atoms with E-state index in [1.807, 2.05) is 13.8 Å². The number of hydrogen-bond acceptors (Lipinski definition) is 4. The lowest BCUT2D eigenvalue weighted by Crippen LogP contribution is -2.49. The van der Waals surface area contributed by atoms with Gasteiger partial charge in [-0.25, -0.2) is 0 Å². The first-order valence-corrected chi connectivity index (χ1v) is 6.19. The first-order valence-electron chi connectivity index (χ1n) is 6.19. The second-order valence-electron chi connectivity index (χ2n) is 5.03. The summed E-state index contributed by atoms with van der Waals surface area (Å²) >= 11 is 0. The van der Waals surface area contributed by atoms with Crippen LogP contribution in [0.3, 0.4) is 0 Å². The molecule has 0 bridgehead atoms. The fraction of sp³-hybridized carbons (Fsp3) is 1.00. The van der Waals surface area contributed by atoms with Gasteiger partial charge in [-0.1, -0.05) is 0 Å². The van der Waals surface area contributed by atoms with Gasteiger partial charge in [-0.2, -0.15) is 0 Å². The van der Waals surface area contributed by atoms with Crippen LogP contribution in [0.2, 0.25) is 0 Å². The normalized spacial score (nSPS) is 30.9. The van der Waals surface area contributed by atoms with Crippen LogP contribution in [0.5, 0.6) is 0 Å². The zero-order valence-corrected chi connectivity index (χ0v) is 10.4. The fourth-order valence-electron chi connectivity index (χ4n) is 2.12. The lowest BCUT2D eigenvalue weighted by molar-refractivity contribution is -0.0404. The van der Waals surface area contributed by atoms with E-state index in [0.29, 0.717) is 13.2 Å². The predicted octanol–water partition coefficient (Wildman–Crippen LogP) is 1.06. The first kappa shape index (κ1) is 13.9. The van der Waals surface area contributed by atoms with Crippen molar-refractivity contribution in [3.05, 3.63) is 0 Å². The highest BCUT2D eigenvalue weighted by Crippen LogP contribution is 2.27. The molecule has 0 aromatic carbocycles. The van der Waals surface area contributed by atoms with Gasteiger partial charge < -0.3 is 20.3 Å². The van der Waals surface area contributed by atoms with Crippen LogP contribution in [-0.2, 0) is 9.47 Å². The Morgan fingerprint density at radius 1 is 1.44 bits per heavy atom. The molecule has 0 aliphatic heterocycles. The van der Waals surface area contributed by atoms with Gasteiger partial charge in [0.15, 0.2) is 0 Å². The van der Waals surface area contributed by atoms with Gasteiger partial charge in [0.25, 0.3) is 0 Å². The first-order chi connectivity index (χ1) is 7.56. The van der Waals surface area contributed by atoms with Crippen molar-refractivity contribution in [2.45, 2.75) is 57.3 Å². The van der Waals surface area contributed by atoms with Gasteiger partial charge in [-0.05, 0) is 39.5 Å². The molecule has 0 spiro atoms. The van der Waals surface area contributed by atoms with Crippen molar-refractivity contribution in [1.82, 2.24) is 0 Å². The van der Waals surface area contributed by atoms with Gasteiger partial charge in [-0.3, -0.25) is 0 Å². The molecular formula is C12H25NO3. The van der Waals surface area contributed by atoms with Crippen LogP contribution in [0.1, 0.15) is 39.5 Å². The highest BCUT2D eigenvalue weighted by atomic mass is 16.5. The summed E-state index contributed by atoms with van der Waals surface area (Å²) in [5.74, 6) is 0. The van der Waals surface area contributed by atoms with E-state index in [1.165, 1.54) is 0 Å². The Labute approximate surface area is 98.1 Å². The summed E-state index contributed by atoms with van der Waals surface area (Å²) in [4.78, 5) is 0. The van der Waals surface area contributed by atoms with E-state index in [2.05, 4.69) is 0 Å². The van der Waals surface area contributed by atoms with Crippen molar-refractivity contribution in [3.8, 4) is 0 Å².